The Morgan fingerprint density at radius 2 is 1.69 bits per heavy atom. The van der Waals surface area contributed by atoms with E-state index in [1.54, 1.807) is 6.20 Å². The molecule has 39 heavy (non-hydrogen) atoms. The zero-order valence-electron chi connectivity index (χ0n) is 21.8. The standard InChI is InChI=1S/C30H28BrN7O/c1-20-6-3-4-9-26(20)38-29(39)25-19-32-30(34-28(25)27(35-38)21-7-5-8-22(31)18-21)33-23-10-12-24(13-11-23)37-16-14-36(2)15-17-37/h3-13,18-19H,14-17H2,1-2H3,(H,32,33,34). The van der Waals surface area contributed by atoms with E-state index in [2.05, 4.69) is 55.2 Å². The number of anilines is 3. The molecule has 3 heterocycles. The topological polar surface area (TPSA) is 79.2 Å². The molecule has 2 aromatic heterocycles. The van der Waals surface area contributed by atoms with Gasteiger partial charge in [-0.3, -0.25) is 4.79 Å². The normalized spacial score (nSPS) is 14.1. The summed E-state index contributed by atoms with van der Waals surface area (Å²) in [5, 5.41) is 8.52. The van der Waals surface area contributed by atoms with E-state index in [9.17, 15) is 4.79 Å². The van der Waals surface area contributed by atoms with E-state index in [-0.39, 0.29) is 5.56 Å². The second-order valence-electron chi connectivity index (χ2n) is 9.78. The maximum absolute atomic E-state index is 13.6. The molecule has 0 atom stereocenters. The Labute approximate surface area is 235 Å². The first-order valence-electron chi connectivity index (χ1n) is 12.9. The number of fused-ring (bicyclic) bond motifs is 1. The fraction of sp³-hybridized carbons (Fsp3) is 0.200. The largest absolute Gasteiger partial charge is 0.369 e. The molecular weight excluding hydrogens is 554 g/mol. The van der Waals surface area contributed by atoms with E-state index < -0.39 is 0 Å². The Kier molecular flexibility index (Phi) is 6.85. The summed E-state index contributed by atoms with van der Waals surface area (Å²) in [6, 6.07) is 23.8. The fourth-order valence-electron chi connectivity index (χ4n) is 4.83. The number of nitrogens with zero attached hydrogens (tertiary/aromatic N) is 6. The van der Waals surface area contributed by atoms with Crippen molar-refractivity contribution in [1.29, 1.82) is 0 Å². The molecule has 1 aliphatic heterocycles. The fourth-order valence-corrected chi connectivity index (χ4v) is 5.23. The zero-order chi connectivity index (χ0) is 26.9. The molecule has 9 heteroatoms. The lowest BCUT2D eigenvalue weighted by atomic mass is 10.1. The van der Waals surface area contributed by atoms with Gasteiger partial charge >= 0.3 is 0 Å². The summed E-state index contributed by atoms with van der Waals surface area (Å²) < 4.78 is 2.36. The number of hydrogen-bond acceptors (Lipinski definition) is 7. The van der Waals surface area contributed by atoms with Gasteiger partial charge in [0.25, 0.3) is 5.56 Å². The highest BCUT2D eigenvalue weighted by atomic mass is 79.9. The average Bonchev–Trinajstić information content (AvgIpc) is 2.95. The minimum atomic E-state index is -0.263. The van der Waals surface area contributed by atoms with Crippen molar-refractivity contribution in [3.63, 3.8) is 0 Å². The van der Waals surface area contributed by atoms with Crippen LogP contribution in [0.2, 0.25) is 0 Å². The van der Waals surface area contributed by atoms with Crippen LogP contribution >= 0.6 is 15.9 Å². The Balaban J connectivity index is 1.40. The highest BCUT2D eigenvalue weighted by molar-refractivity contribution is 9.10. The molecule has 8 nitrogen and oxygen atoms in total. The van der Waals surface area contributed by atoms with E-state index in [1.807, 2.05) is 67.6 Å². The molecule has 3 aromatic carbocycles. The molecule has 0 spiro atoms. The van der Waals surface area contributed by atoms with Crippen molar-refractivity contribution in [1.82, 2.24) is 24.6 Å². The van der Waals surface area contributed by atoms with Crippen LogP contribution in [-0.4, -0.2) is 57.9 Å². The van der Waals surface area contributed by atoms with Crippen LogP contribution in [0, 0.1) is 6.92 Å². The summed E-state index contributed by atoms with van der Waals surface area (Å²) >= 11 is 3.56. The first-order valence-corrected chi connectivity index (χ1v) is 13.7. The number of hydrogen-bond donors (Lipinski definition) is 1. The van der Waals surface area contributed by atoms with Gasteiger partial charge in [0.2, 0.25) is 5.95 Å². The summed E-state index contributed by atoms with van der Waals surface area (Å²) in [4.78, 5) is 27.6. The van der Waals surface area contributed by atoms with Crippen LogP contribution in [0.5, 0.6) is 0 Å². The summed E-state index contributed by atoms with van der Waals surface area (Å²) in [5.74, 6) is 0.404. The van der Waals surface area contributed by atoms with Crippen molar-refractivity contribution < 1.29 is 0 Å². The van der Waals surface area contributed by atoms with Crippen LogP contribution in [0.25, 0.3) is 27.8 Å². The van der Waals surface area contributed by atoms with E-state index in [0.717, 1.165) is 53.2 Å². The van der Waals surface area contributed by atoms with Crippen molar-refractivity contribution in [2.75, 3.05) is 43.4 Å². The number of para-hydroxylation sites is 1. The second-order valence-corrected chi connectivity index (χ2v) is 10.7. The van der Waals surface area contributed by atoms with Gasteiger partial charge < -0.3 is 15.1 Å². The van der Waals surface area contributed by atoms with Crippen LogP contribution in [0.3, 0.4) is 0 Å². The second kappa shape index (κ2) is 10.6. The monoisotopic (exact) mass is 581 g/mol. The van der Waals surface area contributed by atoms with Crippen LogP contribution in [0.4, 0.5) is 17.3 Å². The lowest BCUT2D eigenvalue weighted by Gasteiger charge is -2.34. The zero-order valence-corrected chi connectivity index (χ0v) is 23.4. The third-order valence-electron chi connectivity index (χ3n) is 7.07. The van der Waals surface area contributed by atoms with Crippen molar-refractivity contribution in [2.45, 2.75) is 6.92 Å². The minimum absolute atomic E-state index is 0.263. The maximum Gasteiger partial charge on any atom is 0.282 e. The maximum atomic E-state index is 13.6. The molecule has 1 saturated heterocycles. The van der Waals surface area contributed by atoms with Crippen molar-refractivity contribution in [3.05, 3.63) is 99.4 Å². The molecule has 0 amide bonds. The van der Waals surface area contributed by atoms with Gasteiger partial charge in [-0.1, -0.05) is 46.3 Å². The van der Waals surface area contributed by atoms with E-state index >= 15 is 0 Å². The number of rotatable bonds is 5. The number of aromatic nitrogens is 4. The summed E-state index contributed by atoms with van der Waals surface area (Å²) in [5.41, 5.74) is 5.43. The molecule has 5 aromatic rings. The predicted molar refractivity (Wildman–Crippen MR) is 160 cm³/mol. The number of nitrogens with one attached hydrogen (secondary N) is 1. The Morgan fingerprint density at radius 1 is 0.923 bits per heavy atom. The molecule has 0 aliphatic carbocycles. The van der Waals surface area contributed by atoms with Crippen molar-refractivity contribution in [2.24, 2.45) is 0 Å². The number of likely N-dealkylation sites (N-methyl/N-ethyl adjacent to an activating group) is 1. The molecule has 196 valence electrons. The summed E-state index contributed by atoms with van der Waals surface area (Å²) in [6.07, 6.45) is 1.59. The summed E-state index contributed by atoms with van der Waals surface area (Å²) in [6.45, 7) is 6.12. The lowest BCUT2D eigenvalue weighted by molar-refractivity contribution is 0.313. The summed E-state index contributed by atoms with van der Waals surface area (Å²) in [7, 11) is 2.16. The number of aryl methyl sites for hydroxylation is 1. The van der Waals surface area contributed by atoms with Crippen molar-refractivity contribution in [3.8, 4) is 16.9 Å². The third kappa shape index (κ3) is 5.15. The van der Waals surface area contributed by atoms with Crippen LogP contribution in [-0.2, 0) is 0 Å². The molecule has 0 saturated carbocycles. The minimum Gasteiger partial charge on any atom is -0.369 e. The molecule has 6 rings (SSSR count). The predicted octanol–water partition coefficient (Wildman–Crippen LogP) is 5.41. The number of halogens is 1. The first-order chi connectivity index (χ1) is 19.0. The van der Waals surface area contributed by atoms with E-state index in [0.29, 0.717) is 22.5 Å². The highest BCUT2D eigenvalue weighted by Gasteiger charge is 2.18. The first kappa shape index (κ1) is 25.2. The molecule has 1 fully saturated rings. The molecule has 0 unspecified atom stereocenters. The number of piperazine rings is 1. The van der Waals surface area contributed by atoms with Gasteiger partial charge in [-0.15, -0.1) is 0 Å². The molecule has 0 radical (unpaired) electrons. The Bertz CT molecular complexity index is 1710. The van der Waals surface area contributed by atoms with Crippen molar-refractivity contribution >= 4 is 44.2 Å². The number of benzene rings is 3. The van der Waals surface area contributed by atoms with Crippen LogP contribution in [0.1, 0.15) is 5.56 Å². The van der Waals surface area contributed by atoms with Gasteiger partial charge in [0.05, 0.1) is 11.1 Å². The van der Waals surface area contributed by atoms with E-state index in [1.165, 1.54) is 10.4 Å². The third-order valence-corrected chi connectivity index (χ3v) is 7.56. The molecule has 1 aliphatic rings. The van der Waals surface area contributed by atoms with Gasteiger partial charge in [0, 0.05) is 53.8 Å². The Hall–Kier alpha value is -4.08. The van der Waals surface area contributed by atoms with Gasteiger partial charge in [0.15, 0.2) is 0 Å². The lowest BCUT2D eigenvalue weighted by Crippen LogP contribution is -2.44. The van der Waals surface area contributed by atoms with Gasteiger partial charge in [-0.2, -0.15) is 9.78 Å². The smallest absolute Gasteiger partial charge is 0.282 e. The van der Waals surface area contributed by atoms with Gasteiger partial charge in [-0.25, -0.2) is 9.97 Å². The SMILES string of the molecule is Cc1ccccc1-n1nc(-c2cccc(Br)c2)c2nc(Nc3ccc(N4CCN(C)CC4)cc3)ncc2c1=O. The Morgan fingerprint density at radius 3 is 2.44 bits per heavy atom. The molecular formula is C30H28BrN7O. The average molecular weight is 583 g/mol. The molecule has 0 bridgehead atoms. The van der Waals surface area contributed by atoms with Gasteiger partial charge in [-0.05, 0) is 62.0 Å². The highest BCUT2D eigenvalue weighted by Crippen LogP contribution is 2.28. The van der Waals surface area contributed by atoms with E-state index in [4.69, 9.17) is 10.1 Å². The quantitative estimate of drug-likeness (QED) is 0.297. The van der Waals surface area contributed by atoms with Crippen LogP contribution in [0.15, 0.2) is 88.3 Å². The molecule has 1 N–H and O–H groups in total. The van der Waals surface area contributed by atoms with Crippen LogP contribution < -0.4 is 15.8 Å². The van der Waals surface area contributed by atoms with Gasteiger partial charge in [0.1, 0.15) is 11.2 Å².